The molecule has 1 atom stereocenters. The molecule has 0 aliphatic heterocycles. The first kappa shape index (κ1) is 17.3. The van der Waals surface area contributed by atoms with E-state index in [1.165, 1.54) is 19.3 Å². The van der Waals surface area contributed by atoms with Gasteiger partial charge in [0.1, 0.15) is 0 Å². The third-order valence-corrected chi connectivity index (χ3v) is 4.47. The zero-order valence-electron chi connectivity index (χ0n) is 14.3. The van der Waals surface area contributed by atoms with E-state index in [2.05, 4.69) is 5.16 Å². The second-order valence-corrected chi connectivity index (χ2v) is 6.33. The van der Waals surface area contributed by atoms with Crippen molar-refractivity contribution in [1.29, 1.82) is 0 Å². The SMILES string of the molecule is Cc1ccc(/C(N)=N/O[C@H](C)C(=O)N(C)C2CCCCC2)cc1. The normalized spacial score (nSPS) is 17.6. The number of nitrogens with two attached hydrogens (primary N) is 1. The van der Waals surface area contributed by atoms with Crippen LogP contribution in [0.25, 0.3) is 0 Å². The Labute approximate surface area is 138 Å². The van der Waals surface area contributed by atoms with Crippen LogP contribution in [-0.2, 0) is 9.63 Å². The van der Waals surface area contributed by atoms with Crippen molar-refractivity contribution in [2.75, 3.05) is 7.05 Å². The Hall–Kier alpha value is -2.04. The fraction of sp³-hybridized carbons (Fsp3) is 0.556. The van der Waals surface area contributed by atoms with Crippen LogP contribution in [0, 0.1) is 6.92 Å². The standard InChI is InChI=1S/C18H27N3O2/c1-13-9-11-15(12-10-13)17(19)20-23-14(2)18(22)21(3)16-7-5-4-6-8-16/h9-12,14,16H,4-8H2,1-3H3,(H2,19,20)/t14-/m1/s1. The van der Waals surface area contributed by atoms with Crippen molar-refractivity contribution in [1.82, 2.24) is 4.90 Å². The van der Waals surface area contributed by atoms with Crippen LogP contribution >= 0.6 is 0 Å². The van der Waals surface area contributed by atoms with Gasteiger partial charge in [-0.05, 0) is 26.7 Å². The Balaban J connectivity index is 1.92. The molecule has 5 heteroatoms. The molecule has 2 N–H and O–H groups in total. The van der Waals surface area contributed by atoms with Crippen LogP contribution in [0.3, 0.4) is 0 Å². The number of likely N-dealkylation sites (N-methyl/N-ethyl adjacent to an activating group) is 1. The van der Waals surface area contributed by atoms with Crippen molar-refractivity contribution in [2.24, 2.45) is 10.9 Å². The van der Waals surface area contributed by atoms with E-state index >= 15 is 0 Å². The minimum Gasteiger partial charge on any atom is -0.381 e. The summed E-state index contributed by atoms with van der Waals surface area (Å²) in [7, 11) is 1.85. The van der Waals surface area contributed by atoms with E-state index in [1.54, 1.807) is 11.8 Å². The molecule has 1 aromatic rings. The van der Waals surface area contributed by atoms with E-state index in [0.29, 0.717) is 6.04 Å². The Morgan fingerprint density at radius 1 is 1.26 bits per heavy atom. The predicted molar refractivity (Wildman–Crippen MR) is 92.1 cm³/mol. The van der Waals surface area contributed by atoms with Crippen LogP contribution < -0.4 is 5.73 Å². The number of aryl methyl sites for hydroxylation is 1. The lowest BCUT2D eigenvalue weighted by atomic mass is 9.94. The molecule has 2 rings (SSSR count). The number of rotatable bonds is 5. The number of amides is 1. The summed E-state index contributed by atoms with van der Waals surface area (Å²) in [5.74, 6) is 0.238. The summed E-state index contributed by atoms with van der Waals surface area (Å²) in [4.78, 5) is 19.6. The molecule has 0 heterocycles. The Morgan fingerprint density at radius 3 is 2.48 bits per heavy atom. The van der Waals surface area contributed by atoms with Gasteiger partial charge in [-0.15, -0.1) is 0 Å². The van der Waals surface area contributed by atoms with Gasteiger partial charge in [0.2, 0.25) is 6.10 Å². The summed E-state index contributed by atoms with van der Waals surface area (Å²) in [5, 5.41) is 3.92. The zero-order valence-corrected chi connectivity index (χ0v) is 14.3. The fourth-order valence-corrected chi connectivity index (χ4v) is 2.89. The van der Waals surface area contributed by atoms with E-state index in [9.17, 15) is 4.79 Å². The van der Waals surface area contributed by atoms with E-state index in [-0.39, 0.29) is 11.7 Å². The monoisotopic (exact) mass is 317 g/mol. The van der Waals surface area contributed by atoms with Crippen LogP contribution in [0.5, 0.6) is 0 Å². The summed E-state index contributed by atoms with van der Waals surface area (Å²) in [5.41, 5.74) is 7.85. The van der Waals surface area contributed by atoms with Gasteiger partial charge in [-0.3, -0.25) is 4.79 Å². The molecule has 0 bridgehead atoms. The molecule has 1 fully saturated rings. The van der Waals surface area contributed by atoms with Crippen LogP contribution in [0.15, 0.2) is 29.4 Å². The van der Waals surface area contributed by atoms with Gasteiger partial charge in [-0.1, -0.05) is 54.2 Å². The van der Waals surface area contributed by atoms with Crippen LogP contribution in [0.4, 0.5) is 0 Å². The predicted octanol–water partition coefficient (Wildman–Crippen LogP) is 2.81. The lowest BCUT2D eigenvalue weighted by molar-refractivity contribution is -0.144. The van der Waals surface area contributed by atoms with Gasteiger partial charge in [-0.2, -0.15) is 0 Å². The van der Waals surface area contributed by atoms with Crippen molar-refractivity contribution in [3.63, 3.8) is 0 Å². The van der Waals surface area contributed by atoms with E-state index in [0.717, 1.165) is 24.0 Å². The highest BCUT2D eigenvalue weighted by Gasteiger charge is 2.26. The van der Waals surface area contributed by atoms with Crippen molar-refractivity contribution in [3.05, 3.63) is 35.4 Å². The molecule has 1 aromatic carbocycles. The van der Waals surface area contributed by atoms with Gasteiger partial charge in [0.05, 0.1) is 0 Å². The molecule has 23 heavy (non-hydrogen) atoms. The highest BCUT2D eigenvalue weighted by molar-refractivity contribution is 5.97. The number of oxime groups is 1. The first-order valence-electron chi connectivity index (χ1n) is 8.32. The third kappa shape index (κ3) is 4.71. The van der Waals surface area contributed by atoms with Gasteiger partial charge in [-0.25, -0.2) is 0 Å². The topological polar surface area (TPSA) is 67.9 Å². The first-order chi connectivity index (χ1) is 11.0. The minimum atomic E-state index is -0.633. The highest BCUT2D eigenvalue weighted by atomic mass is 16.6. The summed E-state index contributed by atoms with van der Waals surface area (Å²) in [6, 6.07) is 8.02. The van der Waals surface area contributed by atoms with E-state index in [4.69, 9.17) is 10.6 Å². The van der Waals surface area contributed by atoms with Crippen molar-refractivity contribution in [2.45, 2.75) is 58.1 Å². The quantitative estimate of drug-likeness (QED) is 0.516. The summed E-state index contributed by atoms with van der Waals surface area (Å²) >= 11 is 0. The average Bonchev–Trinajstić information content (AvgIpc) is 2.59. The van der Waals surface area contributed by atoms with Gasteiger partial charge in [0.25, 0.3) is 5.91 Å². The van der Waals surface area contributed by atoms with Crippen LogP contribution in [0.1, 0.15) is 50.2 Å². The molecule has 1 aliphatic rings. The van der Waals surface area contributed by atoms with E-state index in [1.807, 2.05) is 38.2 Å². The smallest absolute Gasteiger partial charge is 0.266 e. The van der Waals surface area contributed by atoms with Crippen molar-refractivity contribution in [3.8, 4) is 0 Å². The average molecular weight is 317 g/mol. The molecule has 0 spiro atoms. The first-order valence-corrected chi connectivity index (χ1v) is 8.32. The van der Waals surface area contributed by atoms with Crippen LogP contribution in [-0.4, -0.2) is 35.8 Å². The van der Waals surface area contributed by atoms with Gasteiger partial charge in [0.15, 0.2) is 5.84 Å². The Bertz CT molecular complexity index is 548. The molecule has 1 saturated carbocycles. The molecule has 0 saturated heterocycles. The van der Waals surface area contributed by atoms with E-state index < -0.39 is 6.10 Å². The number of benzene rings is 1. The van der Waals surface area contributed by atoms with Crippen LogP contribution in [0.2, 0.25) is 0 Å². The fourth-order valence-electron chi connectivity index (χ4n) is 2.89. The van der Waals surface area contributed by atoms with Gasteiger partial charge in [0, 0.05) is 18.7 Å². The maximum Gasteiger partial charge on any atom is 0.266 e. The van der Waals surface area contributed by atoms with Crippen molar-refractivity contribution >= 4 is 11.7 Å². The Kier molecular flexibility index (Phi) is 6.02. The summed E-state index contributed by atoms with van der Waals surface area (Å²) in [6.45, 7) is 3.73. The second kappa shape index (κ2) is 7.99. The number of hydrogen-bond donors (Lipinski definition) is 1. The molecule has 1 amide bonds. The lowest BCUT2D eigenvalue weighted by Gasteiger charge is -2.32. The molecule has 1 aliphatic carbocycles. The minimum absolute atomic E-state index is 0.0441. The summed E-state index contributed by atoms with van der Waals surface area (Å²) in [6.07, 6.45) is 5.16. The zero-order chi connectivity index (χ0) is 16.8. The Morgan fingerprint density at radius 2 is 1.87 bits per heavy atom. The number of carbonyl (C=O) groups is 1. The molecular weight excluding hydrogens is 290 g/mol. The third-order valence-electron chi connectivity index (χ3n) is 4.47. The maximum atomic E-state index is 12.4. The molecule has 5 nitrogen and oxygen atoms in total. The molecular formula is C18H27N3O2. The number of amidine groups is 1. The van der Waals surface area contributed by atoms with Crippen molar-refractivity contribution < 1.29 is 9.63 Å². The maximum absolute atomic E-state index is 12.4. The lowest BCUT2D eigenvalue weighted by Crippen LogP contribution is -2.43. The number of hydrogen-bond acceptors (Lipinski definition) is 3. The summed E-state index contributed by atoms with van der Waals surface area (Å²) < 4.78 is 0. The molecule has 0 aromatic heterocycles. The second-order valence-electron chi connectivity index (χ2n) is 6.33. The molecule has 0 unspecified atom stereocenters. The molecule has 126 valence electrons. The highest BCUT2D eigenvalue weighted by Crippen LogP contribution is 2.22. The largest absolute Gasteiger partial charge is 0.381 e. The number of nitrogens with zero attached hydrogens (tertiary/aromatic N) is 2. The van der Waals surface area contributed by atoms with Gasteiger partial charge < -0.3 is 15.5 Å². The molecule has 0 radical (unpaired) electrons. The van der Waals surface area contributed by atoms with Gasteiger partial charge >= 0.3 is 0 Å². The number of carbonyl (C=O) groups excluding carboxylic acids is 1.